The molecule has 10 nitrogen and oxygen atoms in total. The molecule has 1 unspecified atom stereocenters. The van der Waals surface area contributed by atoms with Crippen LogP contribution >= 0.6 is 0 Å². The largest absolute Gasteiger partial charge is 0.390 e. The lowest BCUT2D eigenvalue weighted by Crippen LogP contribution is -2.42. The first-order valence-corrected chi connectivity index (χ1v) is 16.8. The minimum Gasteiger partial charge on any atom is -0.390 e. The van der Waals surface area contributed by atoms with Crippen LogP contribution < -0.4 is 5.69 Å². The highest BCUT2D eigenvalue weighted by molar-refractivity contribution is 7.88. The number of hydrogen-bond donors (Lipinski definition) is 1. The Morgan fingerprint density at radius 3 is 2.33 bits per heavy atom. The van der Waals surface area contributed by atoms with E-state index in [4.69, 9.17) is 5.10 Å². The average Bonchev–Trinajstić information content (AvgIpc) is 3.47. The molecule has 0 amide bonds. The Bertz CT molecular complexity index is 1810. The number of imidazole rings is 1. The number of aromatic nitrogens is 4. The van der Waals surface area contributed by atoms with Gasteiger partial charge >= 0.3 is 5.69 Å². The van der Waals surface area contributed by atoms with Crippen molar-refractivity contribution in [2.45, 2.75) is 51.4 Å². The fraction of sp³-hybridized carbons (Fsp3) is 0.484. The van der Waals surface area contributed by atoms with Crippen molar-refractivity contribution in [1.82, 2.24) is 28.1 Å². The molecule has 2 aliphatic heterocycles. The van der Waals surface area contributed by atoms with E-state index in [1.54, 1.807) is 21.4 Å². The third kappa shape index (κ3) is 7.03. The molecule has 4 aromatic rings. The summed E-state index contributed by atoms with van der Waals surface area (Å²) in [4.78, 5) is 15.3. The van der Waals surface area contributed by atoms with Crippen LogP contribution in [0.15, 0.2) is 47.3 Å². The number of halogens is 3. The van der Waals surface area contributed by atoms with Gasteiger partial charge in [0.15, 0.2) is 0 Å². The van der Waals surface area contributed by atoms with Gasteiger partial charge in [0, 0.05) is 69.1 Å². The zero-order valence-electron chi connectivity index (χ0n) is 25.7. The second-order valence-electron chi connectivity index (χ2n) is 11.8. The van der Waals surface area contributed by atoms with Crippen LogP contribution in [0.3, 0.4) is 0 Å². The number of likely N-dealkylation sites (tertiary alicyclic amines) is 1. The van der Waals surface area contributed by atoms with E-state index in [1.165, 1.54) is 22.7 Å². The van der Waals surface area contributed by atoms with Gasteiger partial charge in [-0.15, -0.1) is 0 Å². The molecule has 2 aromatic heterocycles. The highest BCUT2D eigenvalue weighted by atomic mass is 32.2. The molecule has 244 valence electrons. The zero-order valence-corrected chi connectivity index (χ0v) is 26.5. The summed E-state index contributed by atoms with van der Waals surface area (Å²) in [7, 11) is -1.57. The molecule has 1 saturated heterocycles. The number of rotatable bonds is 7. The van der Waals surface area contributed by atoms with E-state index in [9.17, 15) is 31.5 Å². The van der Waals surface area contributed by atoms with Gasteiger partial charge < -0.3 is 10.0 Å². The van der Waals surface area contributed by atoms with Crippen LogP contribution in [-0.4, -0.2) is 87.1 Å². The number of piperidine rings is 1. The summed E-state index contributed by atoms with van der Waals surface area (Å²) in [6.45, 7) is 3.08. The molecule has 1 atom stereocenters. The van der Waals surface area contributed by atoms with Crippen molar-refractivity contribution in [2.24, 2.45) is 7.05 Å². The Morgan fingerprint density at radius 2 is 1.69 bits per heavy atom. The summed E-state index contributed by atoms with van der Waals surface area (Å²) in [5.41, 5.74) is 6.04. The van der Waals surface area contributed by atoms with Crippen molar-refractivity contribution in [1.29, 1.82) is 0 Å². The molecule has 45 heavy (non-hydrogen) atoms. The first kappa shape index (κ1) is 32.9. The Labute approximate surface area is 260 Å². The lowest BCUT2D eigenvalue weighted by molar-refractivity contribution is 0.0762. The number of sulfonamides is 1. The van der Waals surface area contributed by atoms with Gasteiger partial charge in [-0.2, -0.15) is 9.40 Å². The second kappa shape index (κ2) is 13.5. The summed E-state index contributed by atoms with van der Waals surface area (Å²) in [5.74, 6) is -0.357. The lowest BCUT2D eigenvalue weighted by atomic mass is 10.0. The van der Waals surface area contributed by atoms with Crippen molar-refractivity contribution >= 4 is 21.1 Å². The molecule has 6 rings (SSSR count). The average molecular weight is 649 g/mol. The van der Waals surface area contributed by atoms with Crippen LogP contribution in [0.1, 0.15) is 35.7 Å². The molecule has 14 heteroatoms. The SMILES string of the molecule is Cc1ccc2c(c1)n(C1CCN(CC(O)Cn3nc(-c4ccc(F)cc4)c4c3CCN(S(C)(=O)=O)C4)CC1)c(=O)n2C.FCF. The molecular formula is C31H39F3N6O4S. The molecule has 1 N–H and O–H groups in total. The van der Waals surface area contributed by atoms with E-state index in [0.29, 0.717) is 30.8 Å². The summed E-state index contributed by atoms with van der Waals surface area (Å²) in [6, 6.07) is 12.2. The third-order valence-corrected chi connectivity index (χ3v) is 9.96. The van der Waals surface area contributed by atoms with E-state index in [1.807, 2.05) is 30.7 Å². The summed E-state index contributed by atoms with van der Waals surface area (Å²) < 4.78 is 64.3. The van der Waals surface area contributed by atoms with Gasteiger partial charge in [-0.3, -0.25) is 13.8 Å². The van der Waals surface area contributed by atoms with Crippen molar-refractivity contribution in [3.8, 4) is 11.3 Å². The third-order valence-electron chi connectivity index (χ3n) is 8.71. The van der Waals surface area contributed by atoms with Crippen LogP contribution in [0, 0.1) is 12.7 Å². The van der Waals surface area contributed by atoms with E-state index in [2.05, 4.69) is 11.0 Å². The fourth-order valence-electron chi connectivity index (χ4n) is 6.49. The monoisotopic (exact) mass is 648 g/mol. The Hall–Kier alpha value is -3.46. The first-order valence-electron chi connectivity index (χ1n) is 14.9. The van der Waals surface area contributed by atoms with Gasteiger partial charge in [0.25, 0.3) is 0 Å². The normalized spacial score (nSPS) is 17.2. The van der Waals surface area contributed by atoms with E-state index < -0.39 is 23.1 Å². The van der Waals surface area contributed by atoms with E-state index >= 15 is 0 Å². The highest BCUT2D eigenvalue weighted by Crippen LogP contribution is 2.32. The predicted octanol–water partition coefficient (Wildman–Crippen LogP) is 3.55. The minimum absolute atomic E-state index is 0.00365. The number of aliphatic hydroxyl groups is 1. The zero-order chi connectivity index (χ0) is 32.5. The number of nitrogens with zero attached hydrogens (tertiary/aromatic N) is 6. The van der Waals surface area contributed by atoms with Crippen LogP contribution in [-0.2, 0) is 36.6 Å². The van der Waals surface area contributed by atoms with Crippen LogP contribution in [0.4, 0.5) is 13.2 Å². The molecule has 0 aliphatic carbocycles. The van der Waals surface area contributed by atoms with Crippen molar-refractivity contribution in [3.05, 3.63) is 75.6 Å². The number of benzene rings is 2. The van der Waals surface area contributed by atoms with Gasteiger partial charge in [-0.25, -0.2) is 26.4 Å². The predicted molar refractivity (Wildman–Crippen MR) is 166 cm³/mol. The van der Waals surface area contributed by atoms with E-state index in [-0.39, 0.29) is 30.6 Å². The Morgan fingerprint density at radius 1 is 1.02 bits per heavy atom. The van der Waals surface area contributed by atoms with E-state index in [0.717, 1.165) is 53.8 Å². The maximum absolute atomic E-state index is 13.6. The summed E-state index contributed by atoms with van der Waals surface area (Å²) in [5, 5.41) is 15.9. The fourth-order valence-corrected chi connectivity index (χ4v) is 7.27. The maximum Gasteiger partial charge on any atom is 0.329 e. The lowest BCUT2D eigenvalue weighted by Gasteiger charge is -2.33. The molecule has 0 saturated carbocycles. The van der Waals surface area contributed by atoms with Crippen LogP contribution in [0.25, 0.3) is 22.3 Å². The van der Waals surface area contributed by atoms with Crippen LogP contribution in [0.2, 0.25) is 0 Å². The van der Waals surface area contributed by atoms with Gasteiger partial charge in [0.05, 0.1) is 35.6 Å². The number of aliphatic hydroxyl groups excluding tert-OH is 1. The smallest absolute Gasteiger partial charge is 0.329 e. The minimum atomic E-state index is -3.39. The summed E-state index contributed by atoms with van der Waals surface area (Å²) in [6.07, 6.45) is 2.61. The van der Waals surface area contributed by atoms with Crippen LogP contribution in [0.5, 0.6) is 0 Å². The standard InChI is InChI=1S/C30H37FN6O4S.CH2F2/c1-20-4-9-27-28(16-20)37(30(39)33(27)2)23-10-13-34(14-11-23)17-24(38)18-36-26-12-15-35(42(3,40)41)19-25(26)29(32-36)21-5-7-22(31)8-6-21;2-1-3/h4-9,16,23-24,38H,10-15,17-19H2,1-3H3;1H2. The molecule has 0 spiro atoms. The molecule has 0 bridgehead atoms. The highest BCUT2D eigenvalue weighted by Gasteiger charge is 2.31. The number of β-amino-alcohol motifs (C(OH)–C–C–N with tert-alkyl or cyclic N) is 1. The number of hydrogen-bond acceptors (Lipinski definition) is 6. The quantitative estimate of drug-likeness (QED) is 0.329. The molecule has 1 fully saturated rings. The van der Waals surface area contributed by atoms with Gasteiger partial charge in [-0.1, -0.05) is 6.07 Å². The maximum atomic E-state index is 13.6. The Kier molecular flexibility index (Phi) is 9.87. The second-order valence-corrected chi connectivity index (χ2v) is 13.8. The van der Waals surface area contributed by atoms with Crippen molar-refractivity contribution in [3.63, 3.8) is 0 Å². The van der Waals surface area contributed by atoms with Gasteiger partial charge in [-0.05, 0) is 61.7 Å². The topological polar surface area (TPSA) is 106 Å². The number of alkyl halides is 2. The van der Waals surface area contributed by atoms with Crippen molar-refractivity contribution in [2.75, 3.05) is 39.4 Å². The summed E-state index contributed by atoms with van der Waals surface area (Å²) >= 11 is 0. The van der Waals surface area contributed by atoms with Gasteiger partial charge in [0.2, 0.25) is 17.0 Å². The molecular weight excluding hydrogens is 609 g/mol. The van der Waals surface area contributed by atoms with Gasteiger partial charge in [0.1, 0.15) is 5.82 Å². The first-order chi connectivity index (χ1) is 21.4. The Balaban J connectivity index is 0.00000128. The molecule has 2 aliphatic rings. The number of aryl methyl sites for hydroxylation is 2. The molecule has 0 radical (unpaired) electrons. The van der Waals surface area contributed by atoms with Crippen molar-refractivity contribution < 1.29 is 26.7 Å². The number of fused-ring (bicyclic) bond motifs is 2. The molecule has 4 heterocycles. The molecule has 2 aromatic carbocycles.